The van der Waals surface area contributed by atoms with E-state index in [1.54, 1.807) is 24.3 Å². The summed E-state index contributed by atoms with van der Waals surface area (Å²) in [6.45, 7) is 6.20. The predicted molar refractivity (Wildman–Crippen MR) is 139 cm³/mol. The van der Waals surface area contributed by atoms with E-state index in [-0.39, 0.29) is 22.3 Å². The van der Waals surface area contributed by atoms with Crippen molar-refractivity contribution < 1.29 is 14.6 Å². The molecule has 0 aliphatic rings. The van der Waals surface area contributed by atoms with Crippen molar-refractivity contribution in [2.45, 2.75) is 20.8 Å². The Hall–Kier alpha value is -3.79. The first-order valence-electron chi connectivity index (χ1n) is 10.9. The van der Waals surface area contributed by atoms with Crippen molar-refractivity contribution in [2.24, 2.45) is 19.1 Å². The van der Waals surface area contributed by atoms with Crippen LogP contribution < -0.4 is 21.3 Å². The third-order valence-electron chi connectivity index (χ3n) is 5.31. The van der Waals surface area contributed by atoms with E-state index in [0.29, 0.717) is 18.0 Å². The summed E-state index contributed by atoms with van der Waals surface area (Å²) in [5, 5.41) is 13.7. The van der Waals surface area contributed by atoms with Gasteiger partial charge in [-0.2, -0.15) is 0 Å². The number of aryl methyl sites for hydroxylation is 2. The number of aromatic nitrogens is 2. The fourth-order valence-corrected chi connectivity index (χ4v) is 4.24. The lowest BCUT2D eigenvalue weighted by Crippen LogP contribution is -2.39. The number of nitrogens with one attached hydrogen (secondary N) is 1. The van der Waals surface area contributed by atoms with Gasteiger partial charge in [-0.3, -0.25) is 18.7 Å². The van der Waals surface area contributed by atoms with Crippen LogP contribution in [0.4, 0.5) is 11.4 Å². The third-order valence-corrected chi connectivity index (χ3v) is 6.29. The molecule has 10 heteroatoms. The molecule has 2 aromatic carbocycles. The standard InChI is InChI=1S/C25H28N4O5S/c1-6-34-18-12-10-17(11-13-18)26-22(20-23(31)28(4)25(33)29(5)24(20)32)35-14-19(30)27-21-15(2)8-7-9-16(21)3/h7-13,31H,6,14H2,1-5H3,(H,27,30). The molecule has 3 aromatic rings. The number of hydrogen-bond donors (Lipinski definition) is 2. The summed E-state index contributed by atoms with van der Waals surface area (Å²) in [5.74, 6) is -0.234. The molecule has 1 aromatic heterocycles. The summed E-state index contributed by atoms with van der Waals surface area (Å²) >= 11 is 0.993. The highest BCUT2D eigenvalue weighted by molar-refractivity contribution is 8.15. The van der Waals surface area contributed by atoms with E-state index < -0.39 is 17.1 Å². The zero-order valence-electron chi connectivity index (χ0n) is 20.3. The molecule has 2 N–H and O–H groups in total. The van der Waals surface area contributed by atoms with E-state index >= 15 is 0 Å². The van der Waals surface area contributed by atoms with Crippen molar-refractivity contribution in [1.82, 2.24) is 9.13 Å². The molecule has 9 nitrogen and oxygen atoms in total. The Morgan fingerprint density at radius 1 is 1.06 bits per heavy atom. The Morgan fingerprint density at radius 3 is 2.29 bits per heavy atom. The van der Waals surface area contributed by atoms with Gasteiger partial charge in [-0.1, -0.05) is 30.0 Å². The molecule has 1 heterocycles. The quantitative estimate of drug-likeness (QED) is 0.383. The van der Waals surface area contributed by atoms with Gasteiger partial charge in [0.05, 0.1) is 18.0 Å². The molecule has 0 aliphatic heterocycles. The maximum absolute atomic E-state index is 12.9. The topological polar surface area (TPSA) is 115 Å². The van der Waals surface area contributed by atoms with E-state index in [9.17, 15) is 19.5 Å². The first kappa shape index (κ1) is 25.8. The molecule has 0 saturated carbocycles. The summed E-state index contributed by atoms with van der Waals surface area (Å²) in [7, 11) is 2.67. The summed E-state index contributed by atoms with van der Waals surface area (Å²) in [4.78, 5) is 42.5. The van der Waals surface area contributed by atoms with Crippen LogP contribution in [0.1, 0.15) is 23.6 Å². The van der Waals surface area contributed by atoms with Gasteiger partial charge in [-0.05, 0) is 56.2 Å². The van der Waals surface area contributed by atoms with Crippen LogP contribution in [0.5, 0.6) is 11.6 Å². The predicted octanol–water partition coefficient (Wildman–Crippen LogP) is 3.26. The lowest BCUT2D eigenvalue weighted by molar-refractivity contribution is -0.113. The SMILES string of the molecule is CCOc1ccc(N=C(SCC(=O)Nc2c(C)cccc2C)c2c(O)n(C)c(=O)n(C)c2=O)cc1. The number of aliphatic imine (C=N–C) groups is 1. The van der Waals surface area contributed by atoms with Gasteiger partial charge in [0.1, 0.15) is 16.4 Å². The summed E-state index contributed by atoms with van der Waals surface area (Å²) in [5.41, 5.74) is 1.53. The average molecular weight is 497 g/mol. The monoisotopic (exact) mass is 496 g/mol. The number of carbonyl (C=O) groups is 1. The van der Waals surface area contributed by atoms with Crippen LogP contribution in [0.15, 0.2) is 57.0 Å². The Morgan fingerprint density at radius 2 is 1.69 bits per heavy atom. The highest BCUT2D eigenvalue weighted by atomic mass is 32.2. The molecule has 3 rings (SSSR count). The molecule has 0 radical (unpaired) electrons. The van der Waals surface area contributed by atoms with Crippen molar-refractivity contribution in [2.75, 3.05) is 17.7 Å². The highest BCUT2D eigenvalue weighted by Crippen LogP contribution is 2.25. The van der Waals surface area contributed by atoms with Gasteiger partial charge in [0, 0.05) is 19.8 Å². The number of nitrogens with zero attached hydrogens (tertiary/aromatic N) is 3. The van der Waals surface area contributed by atoms with E-state index in [2.05, 4.69) is 10.3 Å². The normalized spacial score (nSPS) is 11.4. The number of hydrogen-bond acceptors (Lipinski definition) is 7. The van der Waals surface area contributed by atoms with Gasteiger partial charge < -0.3 is 15.2 Å². The average Bonchev–Trinajstić information content (AvgIpc) is 2.83. The van der Waals surface area contributed by atoms with Crippen LogP contribution in [-0.4, -0.2) is 37.6 Å². The van der Waals surface area contributed by atoms with E-state index in [0.717, 1.165) is 37.7 Å². The van der Waals surface area contributed by atoms with Crippen molar-refractivity contribution in [1.29, 1.82) is 0 Å². The van der Waals surface area contributed by atoms with Gasteiger partial charge in [-0.15, -0.1) is 0 Å². The second-order valence-corrected chi connectivity index (χ2v) is 8.82. The summed E-state index contributed by atoms with van der Waals surface area (Å²) in [6, 6.07) is 12.6. The molecule has 0 bridgehead atoms. The summed E-state index contributed by atoms with van der Waals surface area (Å²) in [6.07, 6.45) is 0. The minimum atomic E-state index is -0.710. The largest absolute Gasteiger partial charge is 0.494 e. The maximum atomic E-state index is 12.9. The fraction of sp³-hybridized carbons (Fsp3) is 0.280. The van der Waals surface area contributed by atoms with Gasteiger partial charge >= 0.3 is 5.69 Å². The van der Waals surface area contributed by atoms with Crippen LogP contribution in [0.25, 0.3) is 0 Å². The lowest BCUT2D eigenvalue weighted by Gasteiger charge is -2.14. The van der Waals surface area contributed by atoms with Crippen LogP contribution in [0.3, 0.4) is 0 Å². The van der Waals surface area contributed by atoms with Crippen LogP contribution >= 0.6 is 11.8 Å². The first-order chi connectivity index (χ1) is 16.6. The Bertz CT molecular complexity index is 1370. The van der Waals surface area contributed by atoms with E-state index in [4.69, 9.17) is 4.74 Å². The Labute approximate surface area is 207 Å². The molecule has 35 heavy (non-hydrogen) atoms. The minimum Gasteiger partial charge on any atom is -0.494 e. The van der Waals surface area contributed by atoms with Crippen LogP contribution in [0.2, 0.25) is 0 Å². The smallest absolute Gasteiger partial charge is 0.333 e. The van der Waals surface area contributed by atoms with Crippen molar-refractivity contribution in [3.8, 4) is 11.6 Å². The van der Waals surface area contributed by atoms with Gasteiger partial charge in [0.2, 0.25) is 11.8 Å². The van der Waals surface area contributed by atoms with Crippen LogP contribution in [-0.2, 0) is 18.9 Å². The number of ether oxygens (including phenoxy) is 1. The molecule has 0 fully saturated rings. The number of aromatic hydroxyl groups is 1. The van der Waals surface area contributed by atoms with Crippen molar-refractivity contribution in [3.05, 3.63) is 80.0 Å². The molecule has 0 saturated heterocycles. The number of para-hydroxylation sites is 1. The number of carbonyl (C=O) groups excluding carboxylic acids is 1. The molecular formula is C25H28N4O5S. The number of rotatable bonds is 7. The van der Waals surface area contributed by atoms with Crippen molar-refractivity contribution in [3.63, 3.8) is 0 Å². The molecule has 0 atom stereocenters. The zero-order chi connectivity index (χ0) is 25.7. The van der Waals surface area contributed by atoms with Gasteiger partial charge in [0.15, 0.2) is 0 Å². The van der Waals surface area contributed by atoms with Crippen molar-refractivity contribution >= 4 is 34.1 Å². The second kappa shape index (κ2) is 11.1. The first-order valence-corrected chi connectivity index (χ1v) is 11.9. The molecule has 1 amide bonds. The fourth-order valence-electron chi connectivity index (χ4n) is 3.40. The Balaban J connectivity index is 1.99. The molecule has 0 aliphatic carbocycles. The number of amides is 1. The number of anilines is 1. The minimum absolute atomic E-state index is 0.0743. The molecule has 0 unspecified atom stereocenters. The number of thioether (sulfide) groups is 1. The molecule has 184 valence electrons. The second-order valence-electron chi connectivity index (χ2n) is 7.85. The maximum Gasteiger partial charge on any atom is 0.333 e. The highest BCUT2D eigenvalue weighted by Gasteiger charge is 2.22. The lowest BCUT2D eigenvalue weighted by atomic mass is 10.1. The molecule has 0 spiro atoms. The van der Waals surface area contributed by atoms with Gasteiger partial charge in [-0.25, -0.2) is 9.79 Å². The van der Waals surface area contributed by atoms with Crippen LogP contribution in [0, 0.1) is 13.8 Å². The van der Waals surface area contributed by atoms with E-state index in [1.165, 1.54) is 14.1 Å². The molecular weight excluding hydrogens is 468 g/mol. The number of benzene rings is 2. The van der Waals surface area contributed by atoms with E-state index in [1.807, 2.05) is 39.0 Å². The Kier molecular flexibility index (Phi) is 8.18. The zero-order valence-corrected chi connectivity index (χ0v) is 21.1. The third kappa shape index (κ3) is 5.83. The van der Waals surface area contributed by atoms with Gasteiger partial charge in [0.25, 0.3) is 5.56 Å². The summed E-state index contributed by atoms with van der Waals surface area (Å²) < 4.78 is 7.30.